The third kappa shape index (κ3) is 4.00. The molecular weight excluding hydrogens is 422 g/mol. The predicted molar refractivity (Wildman–Crippen MR) is 117 cm³/mol. The summed E-state index contributed by atoms with van der Waals surface area (Å²) in [6.45, 7) is 2.84. The van der Waals surface area contributed by atoms with Gasteiger partial charge in [-0.15, -0.1) is 0 Å². The number of fused-ring (bicyclic) bond motifs is 1. The molecule has 1 aromatic carbocycles. The van der Waals surface area contributed by atoms with Crippen LogP contribution in [0.5, 0.6) is 0 Å². The number of aromatic nitrogens is 3. The number of aromatic amines is 1. The van der Waals surface area contributed by atoms with Crippen LogP contribution in [0.3, 0.4) is 0 Å². The van der Waals surface area contributed by atoms with Crippen molar-refractivity contribution in [3.63, 3.8) is 0 Å². The van der Waals surface area contributed by atoms with Crippen molar-refractivity contribution in [2.75, 3.05) is 25.5 Å². The van der Waals surface area contributed by atoms with Crippen LogP contribution in [0.4, 0.5) is 10.5 Å². The summed E-state index contributed by atoms with van der Waals surface area (Å²) in [4.78, 5) is 42.2. The smallest absolute Gasteiger partial charge is 0.409 e. The zero-order valence-electron chi connectivity index (χ0n) is 17.1. The molecule has 0 aliphatic carbocycles. The second-order valence-corrected chi connectivity index (χ2v) is 7.87. The van der Waals surface area contributed by atoms with Crippen LogP contribution in [0.25, 0.3) is 11.0 Å². The van der Waals surface area contributed by atoms with E-state index in [1.165, 1.54) is 13.3 Å². The van der Waals surface area contributed by atoms with Crippen molar-refractivity contribution in [3.8, 4) is 0 Å². The Balaban J connectivity index is 1.60. The number of hydrogen-bond donors (Lipinski definition) is 2. The van der Waals surface area contributed by atoms with E-state index in [1.54, 1.807) is 40.8 Å². The van der Waals surface area contributed by atoms with Crippen LogP contribution in [-0.4, -0.2) is 51.9 Å². The highest BCUT2D eigenvalue weighted by Gasteiger charge is 2.27. The number of piperidine rings is 1. The van der Waals surface area contributed by atoms with E-state index in [0.717, 1.165) is 0 Å². The molecule has 0 spiro atoms. The molecule has 0 unspecified atom stereocenters. The van der Waals surface area contributed by atoms with Crippen molar-refractivity contribution in [2.45, 2.75) is 25.8 Å². The van der Waals surface area contributed by atoms with Gasteiger partial charge < -0.3 is 19.9 Å². The number of hydrogen-bond acceptors (Lipinski definition) is 5. The topological polar surface area (TPSA) is 109 Å². The summed E-state index contributed by atoms with van der Waals surface area (Å²) in [6, 6.07) is 6.67. The van der Waals surface area contributed by atoms with Gasteiger partial charge in [0.2, 0.25) is 5.43 Å². The van der Waals surface area contributed by atoms with E-state index in [2.05, 4.69) is 15.4 Å². The van der Waals surface area contributed by atoms with Crippen molar-refractivity contribution >= 4 is 40.3 Å². The van der Waals surface area contributed by atoms with E-state index in [4.69, 9.17) is 16.3 Å². The Hall–Kier alpha value is -3.33. The molecule has 9 nitrogen and oxygen atoms in total. The zero-order valence-corrected chi connectivity index (χ0v) is 17.9. The summed E-state index contributed by atoms with van der Waals surface area (Å²) in [5, 5.41) is 8.21. The minimum absolute atomic E-state index is 0.00519. The van der Waals surface area contributed by atoms with E-state index >= 15 is 0 Å². The normalized spacial score (nSPS) is 14.6. The van der Waals surface area contributed by atoms with Gasteiger partial charge in [-0.3, -0.25) is 9.59 Å². The Morgan fingerprint density at radius 3 is 2.55 bits per heavy atom. The summed E-state index contributed by atoms with van der Waals surface area (Å²) < 4.78 is 6.57. The first-order chi connectivity index (χ1) is 14.9. The molecule has 1 fully saturated rings. The maximum absolute atomic E-state index is 13.1. The number of aryl methyl sites for hydroxylation is 1. The van der Waals surface area contributed by atoms with Crippen molar-refractivity contribution in [2.24, 2.45) is 0 Å². The number of benzene rings is 1. The van der Waals surface area contributed by atoms with Crippen LogP contribution in [0.2, 0.25) is 5.02 Å². The highest BCUT2D eigenvalue weighted by molar-refractivity contribution is 6.30. The lowest BCUT2D eigenvalue weighted by Crippen LogP contribution is -2.39. The number of amides is 2. The lowest BCUT2D eigenvalue weighted by Gasteiger charge is -2.31. The molecule has 1 aliphatic rings. The fraction of sp³-hybridized carbons (Fsp3) is 0.333. The molecule has 3 heterocycles. The first-order valence-corrected chi connectivity index (χ1v) is 10.3. The highest BCUT2D eigenvalue weighted by Crippen LogP contribution is 2.26. The lowest BCUT2D eigenvalue weighted by molar-refractivity contribution is 0.102. The molecule has 2 amide bonds. The van der Waals surface area contributed by atoms with Crippen molar-refractivity contribution in [1.82, 2.24) is 19.7 Å². The Morgan fingerprint density at radius 2 is 1.90 bits per heavy atom. The molecule has 31 heavy (non-hydrogen) atoms. The van der Waals surface area contributed by atoms with Gasteiger partial charge in [0, 0.05) is 30.0 Å². The highest BCUT2D eigenvalue weighted by atomic mass is 35.5. The van der Waals surface area contributed by atoms with Gasteiger partial charge in [-0.1, -0.05) is 11.6 Å². The SMILES string of the molecule is COC(=O)N1CCC(n2nc(C)c3c(=O)c(C(=O)Nc4ccc(Cl)cc4)c[nH]c32)CC1. The van der Waals surface area contributed by atoms with E-state index < -0.39 is 5.91 Å². The number of H-pyrrole nitrogens is 1. The zero-order chi connectivity index (χ0) is 22.1. The Morgan fingerprint density at radius 1 is 1.23 bits per heavy atom. The minimum Gasteiger partial charge on any atom is -0.453 e. The summed E-state index contributed by atoms with van der Waals surface area (Å²) in [7, 11) is 1.37. The molecule has 0 saturated carbocycles. The predicted octanol–water partition coefficient (Wildman–Crippen LogP) is 3.34. The van der Waals surface area contributed by atoms with Crippen LogP contribution in [0, 0.1) is 6.92 Å². The fourth-order valence-corrected chi connectivity index (χ4v) is 4.01. The van der Waals surface area contributed by atoms with Gasteiger partial charge in [-0.2, -0.15) is 5.10 Å². The maximum Gasteiger partial charge on any atom is 0.409 e. The van der Waals surface area contributed by atoms with Gasteiger partial charge in [0.1, 0.15) is 11.2 Å². The summed E-state index contributed by atoms with van der Waals surface area (Å²) in [6.07, 6.45) is 2.44. The number of methoxy groups -OCH3 is 1. The van der Waals surface area contributed by atoms with Crippen molar-refractivity contribution in [1.29, 1.82) is 0 Å². The average Bonchev–Trinajstić information content (AvgIpc) is 3.12. The van der Waals surface area contributed by atoms with Gasteiger partial charge in [0.15, 0.2) is 0 Å². The van der Waals surface area contributed by atoms with E-state index in [1.807, 2.05) is 0 Å². The van der Waals surface area contributed by atoms with Crippen LogP contribution in [-0.2, 0) is 4.74 Å². The Labute approximate surface area is 182 Å². The monoisotopic (exact) mass is 443 g/mol. The molecule has 0 bridgehead atoms. The number of anilines is 1. The third-order valence-electron chi connectivity index (χ3n) is 5.50. The van der Waals surface area contributed by atoms with Gasteiger partial charge in [-0.05, 0) is 44.0 Å². The molecule has 162 valence electrons. The molecule has 4 rings (SSSR count). The first-order valence-electron chi connectivity index (χ1n) is 9.89. The Kier molecular flexibility index (Phi) is 5.69. The van der Waals surface area contributed by atoms with E-state index in [0.29, 0.717) is 53.4 Å². The molecule has 10 heteroatoms. The quantitative estimate of drug-likeness (QED) is 0.645. The number of carbonyl (C=O) groups is 2. The maximum atomic E-state index is 13.1. The standard InChI is InChI=1S/C21H22ClN5O4/c1-12-17-18(28)16(20(29)24-14-5-3-13(22)4-6-14)11-23-19(17)27(25-12)15-7-9-26(10-8-15)21(30)31-2/h3-6,11,15H,7-10H2,1-2H3,(H,23,28)(H,24,29). The van der Waals surface area contributed by atoms with Crippen LogP contribution >= 0.6 is 11.6 Å². The molecule has 2 aromatic heterocycles. The van der Waals surface area contributed by atoms with Crippen LogP contribution in [0.1, 0.15) is 34.9 Å². The molecule has 3 aromatic rings. The molecule has 1 aliphatic heterocycles. The van der Waals surface area contributed by atoms with Crippen LogP contribution in [0.15, 0.2) is 35.3 Å². The molecule has 1 saturated heterocycles. The number of rotatable bonds is 3. The second kappa shape index (κ2) is 8.43. The van der Waals surface area contributed by atoms with Crippen molar-refractivity contribution < 1.29 is 14.3 Å². The first kappa shape index (κ1) is 20.9. The number of halogens is 1. The van der Waals surface area contributed by atoms with E-state index in [-0.39, 0.29) is 23.1 Å². The summed E-state index contributed by atoms with van der Waals surface area (Å²) in [5.41, 5.74) is 1.29. The number of ether oxygens (including phenoxy) is 1. The number of nitrogens with one attached hydrogen (secondary N) is 2. The number of likely N-dealkylation sites (tertiary alicyclic amines) is 1. The molecular formula is C21H22ClN5O4. The molecule has 0 atom stereocenters. The minimum atomic E-state index is -0.510. The third-order valence-corrected chi connectivity index (χ3v) is 5.75. The van der Waals surface area contributed by atoms with Gasteiger partial charge >= 0.3 is 6.09 Å². The second-order valence-electron chi connectivity index (χ2n) is 7.43. The molecule has 2 N–H and O–H groups in total. The lowest BCUT2D eigenvalue weighted by atomic mass is 10.1. The molecule has 0 radical (unpaired) electrons. The summed E-state index contributed by atoms with van der Waals surface area (Å²) >= 11 is 5.87. The Bertz CT molecular complexity index is 1190. The van der Waals surface area contributed by atoms with Crippen LogP contribution < -0.4 is 10.7 Å². The van der Waals surface area contributed by atoms with E-state index in [9.17, 15) is 14.4 Å². The number of carbonyl (C=O) groups excluding carboxylic acids is 2. The number of pyridine rings is 1. The van der Waals surface area contributed by atoms with Crippen molar-refractivity contribution in [3.05, 3.63) is 57.0 Å². The largest absolute Gasteiger partial charge is 0.453 e. The fourth-order valence-electron chi connectivity index (χ4n) is 3.89. The average molecular weight is 444 g/mol. The van der Waals surface area contributed by atoms with Gasteiger partial charge in [-0.25, -0.2) is 9.48 Å². The summed E-state index contributed by atoms with van der Waals surface area (Å²) in [5.74, 6) is -0.510. The van der Waals surface area contributed by atoms with Gasteiger partial charge in [0.25, 0.3) is 5.91 Å². The van der Waals surface area contributed by atoms with Gasteiger partial charge in [0.05, 0.1) is 24.2 Å². The number of nitrogens with zero attached hydrogens (tertiary/aromatic N) is 3.